The van der Waals surface area contributed by atoms with Gasteiger partial charge in [-0.15, -0.1) is 0 Å². The Kier molecular flexibility index (Phi) is 4.94. The van der Waals surface area contributed by atoms with Crippen molar-refractivity contribution in [3.05, 3.63) is 64.4 Å². The summed E-state index contributed by atoms with van der Waals surface area (Å²) in [5, 5.41) is 11.3. The Labute approximate surface area is 126 Å². The molecule has 0 aromatic heterocycles. The summed E-state index contributed by atoms with van der Waals surface area (Å²) in [6.07, 6.45) is 0. The molecule has 0 heterocycles. The van der Waals surface area contributed by atoms with Crippen molar-refractivity contribution in [1.82, 2.24) is 0 Å². The van der Waals surface area contributed by atoms with Gasteiger partial charge in [-0.1, -0.05) is 23.4 Å². The summed E-state index contributed by atoms with van der Waals surface area (Å²) >= 11 is 5.65. The Balaban J connectivity index is 2.13. The van der Waals surface area contributed by atoms with Gasteiger partial charge in [0.1, 0.15) is 12.4 Å². The molecule has 3 nitrogen and oxygen atoms in total. The monoisotopic (exact) mass is 303 g/mol. The van der Waals surface area contributed by atoms with E-state index in [-0.39, 0.29) is 17.3 Å². The molecule has 2 aromatic rings. The van der Waals surface area contributed by atoms with Gasteiger partial charge in [-0.3, -0.25) is 4.79 Å². The molecule has 0 saturated heterocycles. The second kappa shape index (κ2) is 6.89. The minimum atomic E-state index is -0.596. The molecule has 2 rings (SSSR count). The van der Waals surface area contributed by atoms with Gasteiger partial charge in [-0.05, 0) is 42.5 Å². The summed E-state index contributed by atoms with van der Waals surface area (Å²) in [5.74, 6) is 4.20. The van der Waals surface area contributed by atoms with Crippen LogP contribution in [-0.4, -0.2) is 17.6 Å². The topological polar surface area (TPSA) is 49.3 Å². The summed E-state index contributed by atoms with van der Waals surface area (Å²) in [7, 11) is 0. The molecule has 0 radical (unpaired) electrons. The van der Waals surface area contributed by atoms with Gasteiger partial charge < -0.3 is 10.4 Å². The molecule has 0 saturated carbocycles. The molecular weight excluding hydrogens is 293 g/mol. The van der Waals surface area contributed by atoms with Crippen molar-refractivity contribution in [2.75, 3.05) is 11.9 Å². The van der Waals surface area contributed by atoms with Gasteiger partial charge in [-0.25, -0.2) is 4.39 Å². The molecule has 0 aliphatic rings. The second-order valence-corrected chi connectivity index (χ2v) is 4.55. The lowest BCUT2D eigenvalue weighted by Crippen LogP contribution is -2.12. The molecular formula is C16H11ClFNO2. The number of carbonyl (C=O) groups excluding carboxylic acids is 1. The number of nitrogens with one attached hydrogen (secondary N) is 1. The number of amides is 1. The minimum absolute atomic E-state index is 0.0635. The zero-order chi connectivity index (χ0) is 15.2. The number of aliphatic hydroxyl groups is 1. The van der Waals surface area contributed by atoms with E-state index in [0.29, 0.717) is 11.1 Å². The Morgan fingerprint density at radius 2 is 1.95 bits per heavy atom. The third kappa shape index (κ3) is 4.06. The number of halogens is 2. The van der Waals surface area contributed by atoms with E-state index < -0.39 is 11.7 Å². The van der Waals surface area contributed by atoms with Crippen LogP contribution in [-0.2, 0) is 0 Å². The molecule has 0 aliphatic carbocycles. The normalized spacial score (nSPS) is 9.67. The van der Waals surface area contributed by atoms with Crippen LogP contribution >= 0.6 is 11.6 Å². The van der Waals surface area contributed by atoms with E-state index in [1.807, 2.05) is 0 Å². The molecule has 0 bridgehead atoms. The average Bonchev–Trinajstić information content (AvgIpc) is 2.48. The molecule has 0 spiro atoms. The molecule has 0 aliphatic heterocycles. The number of rotatable bonds is 2. The number of aliphatic hydroxyl groups excluding tert-OH is 1. The van der Waals surface area contributed by atoms with Gasteiger partial charge in [-0.2, -0.15) is 0 Å². The first-order valence-electron chi connectivity index (χ1n) is 6.06. The van der Waals surface area contributed by atoms with E-state index in [1.54, 1.807) is 24.3 Å². The third-order valence-electron chi connectivity index (χ3n) is 2.64. The van der Waals surface area contributed by atoms with Crippen LogP contribution in [0.15, 0.2) is 42.5 Å². The lowest BCUT2D eigenvalue weighted by molar-refractivity contribution is 0.102. The zero-order valence-electron chi connectivity index (χ0n) is 10.9. The van der Waals surface area contributed by atoms with Crippen molar-refractivity contribution in [2.45, 2.75) is 0 Å². The first-order chi connectivity index (χ1) is 10.1. The molecule has 5 heteroatoms. The first kappa shape index (κ1) is 15.0. The van der Waals surface area contributed by atoms with Gasteiger partial charge in [0.2, 0.25) is 0 Å². The molecule has 2 N–H and O–H groups in total. The molecule has 2 aromatic carbocycles. The maximum absolute atomic E-state index is 13.6. The number of hydrogen-bond acceptors (Lipinski definition) is 2. The predicted molar refractivity (Wildman–Crippen MR) is 79.8 cm³/mol. The Morgan fingerprint density at radius 1 is 1.24 bits per heavy atom. The van der Waals surface area contributed by atoms with Crippen LogP contribution in [0.2, 0.25) is 5.02 Å². The lowest BCUT2D eigenvalue weighted by Gasteiger charge is -2.06. The van der Waals surface area contributed by atoms with Gasteiger partial charge >= 0.3 is 0 Å². The van der Waals surface area contributed by atoms with Crippen LogP contribution < -0.4 is 5.32 Å². The highest BCUT2D eigenvalue weighted by molar-refractivity contribution is 6.30. The van der Waals surface area contributed by atoms with Crippen molar-refractivity contribution in [2.24, 2.45) is 0 Å². The fourth-order valence-electron chi connectivity index (χ4n) is 1.63. The number of benzene rings is 2. The van der Waals surface area contributed by atoms with Crippen LogP contribution in [0.5, 0.6) is 0 Å². The summed E-state index contributed by atoms with van der Waals surface area (Å²) in [5.41, 5.74) is 1.12. The number of carbonyl (C=O) groups is 1. The predicted octanol–water partition coefficient (Wildman–Crippen LogP) is 3.08. The van der Waals surface area contributed by atoms with E-state index in [0.717, 1.165) is 6.07 Å². The summed E-state index contributed by atoms with van der Waals surface area (Å²) in [4.78, 5) is 12.0. The Hall–Kier alpha value is -2.35. The van der Waals surface area contributed by atoms with Crippen LogP contribution in [0.25, 0.3) is 0 Å². The molecule has 0 atom stereocenters. The summed E-state index contributed by atoms with van der Waals surface area (Å²) < 4.78 is 13.6. The highest BCUT2D eigenvalue weighted by Crippen LogP contribution is 2.19. The van der Waals surface area contributed by atoms with Gasteiger partial charge in [0.15, 0.2) is 0 Å². The van der Waals surface area contributed by atoms with E-state index in [4.69, 9.17) is 16.7 Å². The van der Waals surface area contributed by atoms with E-state index in [2.05, 4.69) is 17.2 Å². The summed E-state index contributed by atoms with van der Waals surface area (Å²) in [6, 6.07) is 10.5. The van der Waals surface area contributed by atoms with Crippen LogP contribution in [0, 0.1) is 17.7 Å². The summed E-state index contributed by atoms with van der Waals surface area (Å²) in [6.45, 7) is -0.224. The molecule has 21 heavy (non-hydrogen) atoms. The van der Waals surface area contributed by atoms with Gasteiger partial charge in [0, 0.05) is 16.1 Å². The van der Waals surface area contributed by atoms with Crippen LogP contribution in [0.3, 0.4) is 0 Å². The van der Waals surface area contributed by atoms with Crippen LogP contribution in [0.4, 0.5) is 10.1 Å². The quantitative estimate of drug-likeness (QED) is 0.838. The standard InChI is InChI=1S/C16H11ClFNO2/c17-13-7-8-15(14(18)10-13)19-16(21)12-5-3-11(4-6-12)2-1-9-20/h3-8,10,20H,9H2,(H,19,21). The SMILES string of the molecule is O=C(Nc1ccc(Cl)cc1F)c1ccc(C#CCO)cc1. The Morgan fingerprint density at radius 3 is 2.57 bits per heavy atom. The van der Waals surface area contributed by atoms with Crippen molar-refractivity contribution in [3.8, 4) is 11.8 Å². The molecule has 106 valence electrons. The van der Waals surface area contributed by atoms with E-state index in [9.17, 15) is 9.18 Å². The van der Waals surface area contributed by atoms with Crippen molar-refractivity contribution in [3.63, 3.8) is 0 Å². The largest absolute Gasteiger partial charge is 0.384 e. The highest BCUT2D eigenvalue weighted by Gasteiger charge is 2.09. The minimum Gasteiger partial charge on any atom is -0.384 e. The zero-order valence-corrected chi connectivity index (χ0v) is 11.6. The molecule has 1 amide bonds. The molecule has 0 unspecified atom stereocenters. The van der Waals surface area contributed by atoms with Crippen LogP contribution in [0.1, 0.15) is 15.9 Å². The van der Waals surface area contributed by atoms with Gasteiger partial charge in [0.05, 0.1) is 5.69 Å². The first-order valence-corrected chi connectivity index (χ1v) is 6.44. The van der Waals surface area contributed by atoms with Crippen molar-refractivity contribution >= 4 is 23.2 Å². The van der Waals surface area contributed by atoms with E-state index in [1.165, 1.54) is 12.1 Å². The average molecular weight is 304 g/mol. The maximum Gasteiger partial charge on any atom is 0.255 e. The number of hydrogen-bond donors (Lipinski definition) is 2. The van der Waals surface area contributed by atoms with Gasteiger partial charge in [0.25, 0.3) is 5.91 Å². The van der Waals surface area contributed by atoms with Crippen molar-refractivity contribution in [1.29, 1.82) is 0 Å². The maximum atomic E-state index is 13.6. The highest BCUT2D eigenvalue weighted by atomic mass is 35.5. The third-order valence-corrected chi connectivity index (χ3v) is 2.87. The Bertz CT molecular complexity index is 717. The fraction of sp³-hybridized carbons (Fsp3) is 0.0625. The number of anilines is 1. The lowest BCUT2D eigenvalue weighted by atomic mass is 10.1. The fourth-order valence-corrected chi connectivity index (χ4v) is 1.79. The van der Waals surface area contributed by atoms with E-state index >= 15 is 0 Å². The van der Waals surface area contributed by atoms with Crippen molar-refractivity contribution < 1.29 is 14.3 Å². The smallest absolute Gasteiger partial charge is 0.255 e. The molecule has 0 fully saturated rings. The second-order valence-electron chi connectivity index (χ2n) is 4.12.